The molecular weight excluding hydrogens is 286 g/mol. The smallest absolute Gasteiger partial charge is 0.0898 e. The van der Waals surface area contributed by atoms with Crippen LogP contribution in [0.2, 0.25) is 0 Å². The molecule has 0 unspecified atom stereocenters. The zero-order valence-corrected chi connectivity index (χ0v) is 14.0. The monoisotopic (exact) mass is 313 g/mol. The Morgan fingerprint density at radius 1 is 0.957 bits per heavy atom. The maximum absolute atomic E-state index is 10.1. The first-order valence-electron chi connectivity index (χ1n) is 8.33. The highest BCUT2D eigenvalue weighted by atomic mass is 16.5. The van der Waals surface area contributed by atoms with Gasteiger partial charge in [0.2, 0.25) is 0 Å². The summed E-state index contributed by atoms with van der Waals surface area (Å²) in [4.78, 5) is 0. The highest BCUT2D eigenvalue weighted by Gasteiger charge is 2.13. The minimum Gasteiger partial charge on any atom is -0.389 e. The summed E-state index contributed by atoms with van der Waals surface area (Å²) in [6, 6.07) is 20.6. The molecule has 3 heteroatoms. The standard InChI is InChI=1S/C20H27NO2/c1-3-20(18-12-8-5-9-13-18)23-15-19(22)14-21-16(2)17-10-6-4-7-11-17/h4-13,16,19-22H,3,14-15H2,1-2H3/t16-,19-,20+/m0/s1. The van der Waals surface area contributed by atoms with Crippen LogP contribution in [0.3, 0.4) is 0 Å². The second-order valence-electron chi connectivity index (χ2n) is 5.84. The van der Waals surface area contributed by atoms with E-state index in [0.29, 0.717) is 13.2 Å². The fourth-order valence-electron chi connectivity index (χ4n) is 2.58. The predicted molar refractivity (Wildman–Crippen MR) is 94.3 cm³/mol. The van der Waals surface area contributed by atoms with E-state index in [1.165, 1.54) is 5.56 Å². The molecule has 2 aromatic rings. The second-order valence-corrected chi connectivity index (χ2v) is 5.84. The SMILES string of the molecule is CC[C@@H](OC[C@@H](O)CN[C@@H](C)c1ccccc1)c1ccccc1. The van der Waals surface area contributed by atoms with E-state index >= 15 is 0 Å². The summed E-state index contributed by atoms with van der Waals surface area (Å²) >= 11 is 0. The van der Waals surface area contributed by atoms with Gasteiger partial charge >= 0.3 is 0 Å². The van der Waals surface area contributed by atoms with Crippen molar-refractivity contribution in [3.63, 3.8) is 0 Å². The molecule has 0 heterocycles. The van der Waals surface area contributed by atoms with Gasteiger partial charge in [0.25, 0.3) is 0 Å². The minimum atomic E-state index is -0.515. The summed E-state index contributed by atoms with van der Waals surface area (Å²) < 4.78 is 5.89. The van der Waals surface area contributed by atoms with E-state index in [1.54, 1.807) is 0 Å². The van der Waals surface area contributed by atoms with E-state index in [1.807, 2.05) is 36.4 Å². The molecule has 23 heavy (non-hydrogen) atoms. The zero-order valence-electron chi connectivity index (χ0n) is 14.0. The van der Waals surface area contributed by atoms with Crippen molar-refractivity contribution in [2.45, 2.75) is 38.5 Å². The number of benzene rings is 2. The molecule has 2 aromatic carbocycles. The number of aliphatic hydroxyl groups excluding tert-OH is 1. The zero-order chi connectivity index (χ0) is 16.5. The van der Waals surface area contributed by atoms with Crippen LogP contribution in [0, 0.1) is 0 Å². The summed E-state index contributed by atoms with van der Waals surface area (Å²) in [5.41, 5.74) is 2.38. The Morgan fingerprint density at radius 2 is 1.52 bits per heavy atom. The Kier molecular flexibility index (Phi) is 7.27. The fraction of sp³-hybridized carbons (Fsp3) is 0.400. The number of hydrogen-bond acceptors (Lipinski definition) is 3. The molecule has 2 rings (SSSR count). The molecule has 0 aromatic heterocycles. The second kappa shape index (κ2) is 9.46. The Morgan fingerprint density at radius 3 is 2.09 bits per heavy atom. The molecule has 3 nitrogen and oxygen atoms in total. The number of aliphatic hydroxyl groups is 1. The van der Waals surface area contributed by atoms with E-state index in [-0.39, 0.29) is 12.1 Å². The largest absolute Gasteiger partial charge is 0.389 e. The Hall–Kier alpha value is -1.68. The average molecular weight is 313 g/mol. The minimum absolute atomic E-state index is 0.0393. The number of rotatable bonds is 9. The molecule has 2 N–H and O–H groups in total. The molecule has 0 spiro atoms. The summed E-state index contributed by atoms with van der Waals surface area (Å²) in [5, 5.41) is 13.5. The molecule has 124 valence electrons. The lowest BCUT2D eigenvalue weighted by Gasteiger charge is -2.21. The molecule has 0 aliphatic rings. The van der Waals surface area contributed by atoms with Crippen molar-refractivity contribution >= 4 is 0 Å². The fourth-order valence-corrected chi connectivity index (χ4v) is 2.58. The Bertz CT molecular complexity index is 544. The maximum atomic E-state index is 10.1. The van der Waals surface area contributed by atoms with Crippen LogP contribution < -0.4 is 5.32 Å². The van der Waals surface area contributed by atoms with Gasteiger partial charge in [0.05, 0.1) is 18.8 Å². The molecular formula is C20H27NO2. The first-order valence-corrected chi connectivity index (χ1v) is 8.33. The van der Waals surface area contributed by atoms with Gasteiger partial charge < -0.3 is 15.2 Å². The molecule has 0 saturated carbocycles. The van der Waals surface area contributed by atoms with Gasteiger partial charge in [0.1, 0.15) is 0 Å². The number of ether oxygens (including phenoxy) is 1. The number of hydrogen-bond donors (Lipinski definition) is 2. The molecule has 0 amide bonds. The molecule has 0 aliphatic carbocycles. The van der Waals surface area contributed by atoms with E-state index in [0.717, 1.165) is 12.0 Å². The summed E-state index contributed by atoms with van der Waals surface area (Å²) in [7, 11) is 0. The van der Waals surface area contributed by atoms with Crippen molar-refractivity contribution in [2.75, 3.05) is 13.2 Å². The van der Waals surface area contributed by atoms with Crippen LogP contribution in [-0.2, 0) is 4.74 Å². The van der Waals surface area contributed by atoms with Gasteiger partial charge in [-0.05, 0) is 24.5 Å². The van der Waals surface area contributed by atoms with E-state index < -0.39 is 6.10 Å². The molecule has 0 saturated heterocycles. The maximum Gasteiger partial charge on any atom is 0.0898 e. The third kappa shape index (κ3) is 5.79. The third-order valence-corrected chi connectivity index (χ3v) is 3.99. The van der Waals surface area contributed by atoms with Gasteiger partial charge in [-0.3, -0.25) is 0 Å². The molecule has 0 bridgehead atoms. The van der Waals surface area contributed by atoms with Crippen molar-refractivity contribution in [3.8, 4) is 0 Å². The van der Waals surface area contributed by atoms with Crippen LogP contribution in [-0.4, -0.2) is 24.4 Å². The van der Waals surface area contributed by atoms with Crippen LogP contribution in [0.15, 0.2) is 60.7 Å². The van der Waals surface area contributed by atoms with Gasteiger partial charge in [-0.15, -0.1) is 0 Å². The first kappa shape index (κ1) is 17.7. The van der Waals surface area contributed by atoms with Crippen molar-refractivity contribution in [2.24, 2.45) is 0 Å². The van der Waals surface area contributed by atoms with Gasteiger partial charge in [-0.1, -0.05) is 67.6 Å². The average Bonchev–Trinajstić information content (AvgIpc) is 2.62. The Labute approximate surface area is 139 Å². The first-order chi connectivity index (χ1) is 11.2. The molecule has 3 atom stereocenters. The topological polar surface area (TPSA) is 41.5 Å². The van der Waals surface area contributed by atoms with Crippen molar-refractivity contribution < 1.29 is 9.84 Å². The highest BCUT2D eigenvalue weighted by molar-refractivity contribution is 5.18. The lowest BCUT2D eigenvalue weighted by atomic mass is 10.1. The van der Waals surface area contributed by atoms with Gasteiger partial charge in [0, 0.05) is 12.6 Å². The van der Waals surface area contributed by atoms with Crippen molar-refractivity contribution in [3.05, 3.63) is 71.8 Å². The van der Waals surface area contributed by atoms with Gasteiger partial charge in [0.15, 0.2) is 0 Å². The predicted octanol–water partition coefficient (Wildman–Crippen LogP) is 3.87. The van der Waals surface area contributed by atoms with Crippen LogP contribution >= 0.6 is 0 Å². The third-order valence-electron chi connectivity index (χ3n) is 3.99. The van der Waals surface area contributed by atoms with Crippen LogP contribution in [0.25, 0.3) is 0 Å². The highest BCUT2D eigenvalue weighted by Crippen LogP contribution is 2.20. The van der Waals surface area contributed by atoms with Crippen LogP contribution in [0.4, 0.5) is 0 Å². The normalized spacial score (nSPS) is 15.1. The van der Waals surface area contributed by atoms with E-state index in [4.69, 9.17) is 4.74 Å². The summed E-state index contributed by atoms with van der Waals surface area (Å²) in [6.07, 6.45) is 0.418. The quantitative estimate of drug-likeness (QED) is 0.738. The number of nitrogens with one attached hydrogen (secondary N) is 1. The van der Waals surface area contributed by atoms with Gasteiger partial charge in [-0.25, -0.2) is 0 Å². The van der Waals surface area contributed by atoms with Crippen molar-refractivity contribution in [1.82, 2.24) is 5.32 Å². The van der Waals surface area contributed by atoms with Crippen LogP contribution in [0.1, 0.15) is 43.5 Å². The summed E-state index contributed by atoms with van der Waals surface area (Å²) in [5.74, 6) is 0. The molecule has 0 aliphatic heterocycles. The Balaban J connectivity index is 1.75. The molecule has 0 radical (unpaired) electrons. The summed E-state index contributed by atoms with van der Waals surface area (Å²) in [6.45, 7) is 5.05. The van der Waals surface area contributed by atoms with Crippen LogP contribution in [0.5, 0.6) is 0 Å². The van der Waals surface area contributed by atoms with Gasteiger partial charge in [-0.2, -0.15) is 0 Å². The lowest BCUT2D eigenvalue weighted by molar-refractivity contribution is -0.0120. The van der Waals surface area contributed by atoms with E-state index in [2.05, 4.69) is 43.4 Å². The van der Waals surface area contributed by atoms with Crippen molar-refractivity contribution in [1.29, 1.82) is 0 Å². The lowest BCUT2D eigenvalue weighted by Crippen LogP contribution is -2.32. The van der Waals surface area contributed by atoms with E-state index in [9.17, 15) is 5.11 Å². The molecule has 0 fully saturated rings.